The Morgan fingerprint density at radius 1 is 0.939 bits per heavy atom. The van der Waals surface area contributed by atoms with E-state index in [1.807, 2.05) is 36.4 Å². The third-order valence-corrected chi connectivity index (χ3v) is 6.05. The van der Waals surface area contributed by atoms with E-state index in [1.54, 1.807) is 31.4 Å². The number of nitrogens with zero attached hydrogens (tertiary/aromatic N) is 2. The van der Waals surface area contributed by atoms with Crippen LogP contribution in [0.3, 0.4) is 0 Å². The molecule has 1 N–H and O–H groups in total. The van der Waals surface area contributed by atoms with Crippen molar-refractivity contribution in [3.63, 3.8) is 0 Å². The zero-order valence-corrected chi connectivity index (χ0v) is 18.4. The first kappa shape index (κ1) is 20.9. The van der Waals surface area contributed by atoms with Gasteiger partial charge < -0.3 is 19.4 Å². The molecule has 168 valence electrons. The predicted molar refractivity (Wildman–Crippen MR) is 126 cm³/mol. The van der Waals surface area contributed by atoms with Crippen molar-refractivity contribution < 1.29 is 18.7 Å². The van der Waals surface area contributed by atoms with Crippen molar-refractivity contribution in [2.24, 2.45) is 0 Å². The number of hydrogen-bond donors (Lipinski definition) is 1. The van der Waals surface area contributed by atoms with Gasteiger partial charge in [-0.1, -0.05) is 18.2 Å². The molecule has 2 aromatic carbocycles. The van der Waals surface area contributed by atoms with Crippen LogP contribution in [0.15, 0.2) is 77.0 Å². The molecule has 0 spiro atoms. The predicted octanol–water partition coefficient (Wildman–Crippen LogP) is 4.28. The molecule has 2 aliphatic rings. The molecule has 7 heteroatoms. The molecule has 0 bridgehead atoms. The average Bonchev–Trinajstić information content (AvgIpc) is 3.60. The number of amides is 2. The molecule has 0 unspecified atom stereocenters. The van der Waals surface area contributed by atoms with Gasteiger partial charge in [0.2, 0.25) is 0 Å². The molecule has 3 heterocycles. The van der Waals surface area contributed by atoms with Crippen LogP contribution in [0, 0.1) is 0 Å². The van der Waals surface area contributed by atoms with Gasteiger partial charge in [-0.15, -0.1) is 0 Å². The van der Waals surface area contributed by atoms with E-state index in [2.05, 4.69) is 10.2 Å². The van der Waals surface area contributed by atoms with E-state index in [1.165, 1.54) is 24.0 Å². The van der Waals surface area contributed by atoms with Gasteiger partial charge in [0.05, 0.1) is 25.5 Å². The maximum Gasteiger partial charge on any atom is 0.278 e. The third-order valence-electron chi connectivity index (χ3n) is 6.05. The molecule has 33 heavy (non-hydrogen) atoms. The van der Waals surface area contributed by atoms with Crippen molar-refractivity contribution in [1.82, 2.24) is 4.90 Å². The summed E-state index contributed by atoms with van der Waals surface area (Å²) in [5, 5.41) is 3.21. The number of para-hydroxylation sites is 1. The van der Waals surface area contributed by atoms with Gasteiger partial charge in [-0.2, -0.15) is 0 Å². The Labute approximate surface area is 192 Å². The maximum absolute atomic E-state index is 13.4. The Balaban J connectivity index is 1.50. The Morgan fingerprint density at radius 2 is 1.70 bits per heavy atom. The van der Waals surface area contributed by atoms with Crippen LogP contribution in [0.5, 0.6) is 5.75 Å². The largest absolute Gasteiger partial charge is 0.496 e. The SMILES string of the molecule is COc1ccccc1C1=C(Nc2ccc(N3CCCC3)cc2)C(=O)N(Cc2ccco2)C1=O. The molecule has 0 aliphatic carbocycles. The molecule has 1 aromatic heterocycles. The first-order valence-corrected chi connectivity index (χ1v) is 11.0. The molecule has 2 amide bonds. The number of nitrogens with one attached hydrogen (secondary N) is 1. The summed E-state index contributed by atoms with van der Waals surface area (Å²) in [6.07, 6.45) is 3.94. The van der Waals surface area contributed by atoms with Crippen molar-refractivity contribution in [1.29, 1.82) is 0 Å². The van der Waals surface area contributed by atoms with Gasteiger partial charge in [-0.25, -0.2) is 0 Å². The van der Waals surface area contributed by atoms with Crippen molar-refractivity contribution in [3.05, 3.63) is 83.9 Å². The van der Waals surface area contributed by atoms with Gasteiger partial charge in [-0.05, 0) is 55.3 Å². The summed E-state index contributed by atoms with van der Waals surface area (Å²) in [4.78, 5) is 30.4. The highest BCUT2D eigenvalue weighted by Crippen LogP contribution is 2.36. The first-order chi connectivity index (χ1) is 16.2. The van der Waals surface area contributed by atoms with E-state index >= 15 is 0 Å². The van der Waals surface area contributed by atoms with Crippen LogP contribution in [0.25, 0.3) is 5.57 Å². The van der Waals surface area contributed by atoms with E-state index in [0.29, 0.717) is 17.1 Å². The number of ether oxygens (including phenoxy) is 1. The normalized spacial score (nSPS) is 16.2. The summed E-state index contributed by atoms with van der Waals surface area (Å²) in [6, 6.07) is 18.6. The lowest BCUT2D eigenvalue weighted by Gasteiger charge is -2.18. The lowest BCUT2D eigenvalue weighted by atomic mass is 10.0. The molecule has 7 nitrogen and oxygen atoms in total. The molecule has 0 radical (unpaired) electrons. The smallest absolute Gasteiger partial charge is 0.278 e. The van der Waals surface area contributed by atoms with Gasteiger partial charge in [0, 0.05) is 30.0 Å². The number of methoxy groups -OCH3 is 1. The minimum atomic E-state index is -0.402. The summed E-state index contributed by atoms with van der Waals surface area (Å²) < 4.78 is 10.9. The van der Waals surface area contributed by atoms with E-state index in [-0.39, 0.29) is 17.8 Å². The second-order valence-corrected chi connectivity index (χ2v) is 8.09. The molecule has 0 saturated carbocycles. The van der Waals surface area contributed by atoms with Crippen LogP contribution >= 0.6 is 0 Å². The molecular weight excluding hydrogens is 418 g/mol. The van der Waals surface area contributed by atoms with E-state index in [9.17, 15) is 9.59 Å². The highest BCUT2D eigenvalue weighted by Gasteiger charge is 2.40. The fourth-order valence-corrected chi connectivity index (χ4v) is 4.37. The number of imide groups is 1. The lowest BCUT2D eigenvalue weighted by molar-refractivity contribution is -0.137. The van der Waals surface area contributed by atoms with Crippen LogP contribution < -0.4 is 15.0 Å². The molecule has 0 atom stereocenters. The van der Waals surface area contributed by atoms with Crippen LogP contribution in [-0.4, -0.2) is 36.9 Å². The van der Waals surface area contributed by atoms with Crippen LogP contribution in [0.4, 0.5) is 11.4 Å². The lowest BCUT2D eigenvalue weighted by Crippen LogP contribution is -2.31. The molecule has 5 rings (SSSR count). The molecule has 1 fully saturated rings. The average molecular weight is 444 g/mol. The summed E-state index contributed by atoms with van der Waals surface area (Å²) in [7, 11) is 1.55. The van der Waals surface area contributed by atoms with Gasteiger partial charge in [0.25, 0.3) is 11.8 Å². The van der Waals surface area contributed by atoms with Crippen LogP contribution in [-0.2, 0) is 16.1 Å². The number of anilines is 2. The topological polar surface area (TPSA) is 75.0 Å². The van der Waals surface area contributed by atoms with Gasteiger partial charge in [0.1, 0.15) is 17.2 Å². The zero-order valence-electron chi connectivity index (χ0n) is 18.4. The number of benzene rings is 2. The number of rotatable bonds is 7. The van der Waals surface area contributed by atoms with Gasteiger partial charge in [0.15, 0.2) is 0 Å². The van der Waals surface area contributed by atoms with E-state index < -0.39 is 11.8 Å². The quantitative estimate of drug-likeness (QED) is 0.550. The van der Waals surface area contributed by atoms with Crippen LogP contribution in [0.2, 0.25) is 0 Å². The molecule has 1 saturated heterocycles. The molecular formula is C26H25N3O4. The third kappa shape index (κ3) is 3.98. The van der Waals surface area contributed by atoms with Crippen molar-refractivity contribution in [2.75, 3.05) is 30.4 Å². The summed E-state index contributed by atoms with van der Waals surface area (Å²) >= 11 is 0. The number of hydrogen-bond acceptors (Lipinski definition) is 6. The van der Waals surface area contributed by atoms with Crippen molar-refractivity contribution >= 4 is 28.8 Å². The Kier molecular flexibility index (Phi) is 5.60. The van der Waals surface area contributed by atoms with E-state index in [0.717, 1.165) is 24.5 Å². The minimum absolute atomic E-state index is 0.0579. The van der Waals surface area contributed by atoms with Gasteiger partial charge in [-0.3, -0.25) is 14.5 Å². The second-order valence-electron chi connectivity index (χ2n) is 8.09. The molecule has 2 aliphatic heterocycles. The highest BCUT2D eigenvalue weighted by molar-refractivity contribution is 6.36. The summed E-state index contributed by atoms with van der Waals surface area (Å²) in [5.74, 6) is 0.266. The van der Waals surface area contributed by atoms with Crippen LogP contribution in [0.1, 0.15) is 24.2 Å². The van der Waals surface area contributed by atoms with Crippen molar-refractivity contribution in [3.8, 4) is 5.75 Å². The summed E-state index contributed by atoms with van der Waals surface area (Å²) in [5.41, 5.74) is 2.97. The minimum Gasteiger partial charge on any atom is -0.496 e. The number of furan rings is 1. The summed E-state index contributed by atoms with van der Waals surface area (Å²) in [6.45, 7) is 2.18. The van der Waals surface area contributed by atoms with Gasteiger partial charge >= 0.3 is 0 Å². The zero-order chi connectivity index (χ0) is 22.8. The standard InChI is InChI=1S/C26H25N3O4/c1-32-22-9-3-2-8-21(22)23-24(26(31)29(25(23)30)17-20-7-6-16-33-20)27-18-10-12-19(13-11-18)28-14-4-5-15-28/h2-3,6-13,16,27H,4-5,14-15,17H2,1H3. The number of carbonyl (C=O) groups is 2. The maximum atomic E-state index is 13.4. The number of carbonyl (C=O) groups excluding carboxylic acids is 2. The molecule has 3 aromatic rings. The Morgan fingerprint density at radius 3 is 2.39 bits per heavy atom. The highest BCUT2D eigenvalue weighted by atomic mass is 16.5. The fourth-order valence-electron chi connectivity index (χ4n) is 4.37. The fraction of sp³-hybridized carbons (Fsp3) is 0.231. The Hall–Kier alpha value is -4.00. The van der Waals surface area contributed by atoms with E-state index in [4.69, 9.17) is 9.15 Å². The Bertz CT molecular complexity index is 1190. The second kappa shape index (κ2) is 8.86. The van der Waals surface area contributed by atoms with Crippen molar-refractivity contribution in [2.45, 2.75) is 19.4 Å². The monoisotopic (exact) mass is 443 g/mol. The first-order valence-electron chi connectivity index (χ1n) is 11.0.